The predicted molar refractivity (Wildman–Crippen MR) is 93.0 cm³/mol. The molecule has 0 radical (unpaired) electrons. The Bertz CT molecular complexity index is 883. The van der Waals surface area contributed by atoms with E-state index in [0.717, 1.165) is 11.3 Å². The van der Waals surface area contributed by atoms with E-state index in [1.165, 1.54) is 4.52 Å². The number of nitrogens with zero attached hydrogens (tertiary/aromatic N) is 5. The van der Waals surface area contributed by atoms with Crippen molar-refractivity contribution in [1.29, 1.82) is 0 Å². The van der Waals surface area contributed by atoms with Crippen LogP contribution in [-0.2, 0) is 6.54 Å². The summed E-state index contributed by atoms with van der Waals surface area (Å²) >= 11 is 0. The molecule has 1 N–H and O–H groups in total. The molecule has 2 heterocycles. The van der Waals surface area contributed by atoms with E-state index in [0.29, 0.717) is 12.3 Å². The van der Waals surface area contributed by atoms with Crippen LogP contribution in [0.4, 0.5) is 0 Å². The summed E-state index contributed by atoms with van der Waals surface area (Å²) in [6.07, 6.45) is 1.63. The third-order valence-corrected chi connectivity index (χ3v) is 3.70. The Labute approximate surface area is 146 Å². The number of aryl methyl sites for hydroxylation is 1. The van der Waals surface area contributed by atoms with Crippen LogP contribution >= 0.6 is 0 Å². The molecular weight excluding hydrogens is 318 g/mol. The normalized spacial score (nSPS) is 11.7. The first-order valence-electron chi connectivity index (χ1n) is 8.07. The summed E-state index contributed by atoms with van der Waals surface area (Å²) in [7, 11) is 0. The SMILES string of the molecule is Cc1ccnc2nc(C(=O)N(Cc3ccccc3)CC(C)(C)O)nn12. The van der Waals surface area contributed by atoms with Gasteiger partial charge in [-0.2, -0.15) is 4.98 Å². The van der Waals surface area contributed by atoms with Crippen LogP contribution in [0, 0.1) is 6.92 Å². The molecule has 7 nitrogen and oxygen atoms in total. The first-order chi connectivity index (χ1) is 11.8. The lowest BCUT2D eigenvalue weighted by Gasteiger charge is -2.28. The van der Waals surface area contributed by atoms with Gasteiger partial charge < -0.3 is 10.0 Å². The quantitative estimate of drug-likeness (QED) is 0.767. The molecule has 7 heteroatoms. The van der Waals surface area contributed by atoms with Crippen molar-refractivity contribution >= 4 is 11.7 Å². The van der Waals surface area contributed by atoms with Crippen molar-refractivity contribution in [1.82, 2.24) is 24.5 Å². The van der Waals surface area contributed by atoms with Crippen molar-refractivity contribution in [3.8, 4) is 0 Å². The molecule has 0 bridgehead atoms. The van der Waals surface area contributed by atoms with Gasteiger partial charge >= 0.3 is 0 Å². The summed E-state index contributed by atoms with van der Waals surface area (Å²) in [4.78, 5) is 22.9. The smallest absolute Gasteiger partial charge is 0.294 e. The third kappa shape index (κ3) is 4.00. The molecule has 3 rings (SSSR count). The maximum absolute atomic E-state index is 13.0. The summed E-state index contributed by atoms with van der Waals surface area (Å²) in [6.45, 7) is 5.74. The maximum atomic E-state index is 13.0. The minimum absolute atomic E-state index is 0.0713. The van der Waals surface area contributed by atoms with Gasteiger partial charge in [0.1, 0.15) is 0 Å². The fourth-order valence-corrected chi connectivity index (χ4v) is 2.61. The van der Waals surface area contributed by atoms with Crippen LogP contribution in [0.25, 0.3) is 5.78 Å². The standard InChI is InChI=1S/C18H21N5O2/c1-13-9-10-19-17-20-15(21-23(13)17)16(24)22(12-18(2,3)25)11-14-7-5-4-6-8-14/h4-10,25H,11-12H2,1-3H3. The van der Waals surface area contributed by atoms with Crippen LogP contribution in [0.15, 0.2) is 42.6 Å². The highest BCUT2D eigenvalue weighted by Crippen LogP contribution is 2.13. The van der Waals surface area contributed by atoms with Crippen molar-refractivity contribution in [3.05, 3.63) is 59.7 Å². The molecule has 0 fully saturated rings. The van der Waals surface area contributed by atoms with E-state index in [4.69, 9.17) is 0 Å². The fourth-order valence-electron chi connectivity index (χ4n) is 2.61. The number of carbonyl (C=O) groups excluding carboxylic acids is 1. The first kappa shape index (κ1) is 17.0. The third-order valence-electron chi connectivity index (χ3n) is 3.70. The summed E-state index contributed by atoms with van der Waals surface area (Å²) in [5.74, 6) is 0.115. The number of rotatable bonds is 5. The molecule has 0 saturated carbocycles. The number of hydrogen-bond acceptors (Lipinski definition) is 5. The van der Waals surface area contributed by atoms with E-state index in [1.807, 2.05) is 37.3 Å². The molecule has 25 heavy (non-hydrogen) atoms. The molecule has 3 aromatic rings. The number of aliphatic hydroxyl groups is 1. The van der Waals surface area contributed by atoms with Crippen molar-refractivity contribution < 1.29 is 9.90 Å². The Morgan fingerprint density at radius 2 is 1.96 bits per heavy atom. The molecule has 0 aliphatic heterocycles. The Hall–Kier alpha value is -2.80. The fraction of sp³-hybridized carbons (Fsp3) is 0.333. The zero-order valence-electron chi connectivity index (χ0n) is 14.5. The minimum atomic E-state index is -1.03. The van der Waals surface area contributed by atoms with Gasteiger partial charge in [0.2, 0.25) is 5.82 Å². The van der Waals surface area contributed by atoms with Gasteiger partial charge in [0.25, 0.3) is 11.7 Å². The van der Waals surface area contributed by atoms with Gasteiger partial charge in [0, 0.05) is 25.0 Å². The van der Waals surface area contributed by atoms with Gasteiger partial charge in [-0.3, -0.25) is 4.79 Å². The molecule has 2 aromatic heterocycles. The molecule has 130 valence electrons. The van der Waals surface area contributed by atoms with E-state index in [9.17, 15) is 9.90 Å². The molecule has 0 aliphatic rings. The minimum Gasteiger partial charge on any atom is -0.389 e. The maximum Gasteiger partial charge on any atom is 0.294 e. The lowest BCUT2D eigenvalue weighted by atomic mass is 10.1. The highest BCUT2D eigenvalue weighted by atomic mass is 16.3. The van der Waals surface area contributed by atoms with Crippen LogP contribution in [0.2, 0.25) is 0 Å². The second-order valence-electron chi connectivity index (χ2n) is 6.69. The van der Waals surface area contributed by atoms with E-state index >= 15 is 0 Å². The second kappa shape index (κ2) is 6.60. The number of fused-ring (bicyclic) bond motifs is 1. The topological polar surface area (TPSA) is 83.6 Å². The summed E-state index contributed by atoms with van der Waals surface area (Å²) in [6, 6.07) is 11.4. The average molecular weight is 339 g/mol. The van der Waals surface area contributed by atoms with E-state index < -0.39 is 5.60 Å². The van der Waals surface area contributed by atoms with Crippen molar-refractivity contribution in [2.75, 3.05) is 6.54 Å². The number of amides is 1. The zero-order chi connectivity index (χ0) is 18.0. The Morgan fingerprint density at radius 3 is 2.60 bits per heavy atom. The summed E-state index contributed by atoms with van der Waals surface area (Å²) in [5, 5.41) is 14.5. The highest BCUT2D eigenvalue weighted by Gasteiger charge is 2.26. The van der Waals surface area contributed by atoms with Crippen molar-refractivity contribution in [3.63, 3.8) is 0 Å². The average Bonchev–Trinajstić information content (AvgIpc) is 2.99. The first-order valence-corrected chi connectivity index (χ1v) is 8.07. The van der Waals surface area contributed by atoms with Gasteiger partial charge in [-0.15, -0.1) is 5.10 Å². The van der Waals surface area contributed by atoms with Crippen LogP contribution < -0.4 is 0 Å². The van der Waals surface area contributed by atoms with Crippen LogP contribution in [0.3, 0.4) is 0 Å². The Kier molecular flexibility index (Phi) is 4.50. The lowest BCUT2D eigenvalue weighted by Crippen LogP contribution is -2.42. The Morgan fingerprint density at radius 1 is 1.24 bits per heavy atom. The van der Waals surface area contributed by atoms with Gasteiger partial charge in [0.15, 0.2) is 0 Å². The molecule has 0 saturated heterocycles. The molecular formula is C18H21N5O2. The summed E-state index contributed by atoms with van der Waals surface area (Å²) in [5.41, 5.74) is 0.782. The van der Waals surface area contributed by atoms with Crippen LogP contribution in [0.5, 0.6) is 0 Å². The monoisotopic (exact) mass is 339 g/mol. The zero-order valence-corrected chi connectivity index (χ0v) is 14.5. The van der Waals surface area contributed by atoms with Crippen molar-refractivity contribution in [2.24, 2.45) is 0 Å². The molecule has 1 amide bonds. The number of carbonyl (C=O) groups is 1. The Balaban J connectivity index is 1.93. The molecule has 0 spiro atoms. The molecule has 0 aliphatic carbocycles. The number of aromatic nitrogens is 4. The van der Waals surface area contributed by atoms with Crippen molar-refractivity contribution in [2.45, 2.75) is 32.9 Å². The second-order valence-corrected chi connectivity index (χ2v) is 6.69. The lowest BCUT2D eigenvalue weighted by molar-refractivity contribution is 0.0273. The van der Waals surface area contributed by atoms with Gasteiger partial charge in [-0.25, -0.2) is 9.50 Å². The molecule has 0 atom stereocenters. The van der Waals surface area contributed by atoms with Crippen LogP contribution in [0.1, 0.15) is 35.7 Å². The molecule has 1 aromatic carbocycles. The predicted octanol–water partition coefficient (Wildman–Crippen LogP) is 1.85. The largest absolute Gasteiger partial charge is 0.389 e. The van der Waals surface area contributed by atoms with Gasteiger partial charge in [-0.05, 0) is 32.4 Å². The van der Waals surface area contributed by atoms with E-state index in [1.54, 1.807) is 31.0 Å². The highest BCUT2D eigenvalue weighted by molar-refractivity contribution is 5.91. The van der Waals surface area contributed by atoms with E-state index in [2.05, 4.69) is 15.1 Å². The van der Waals surface area contributed by atoms with E-state index in [-0.39, 0.29) is 18.3 Å². The van der Waals surface area contributed by atoms with Gasteiger partial charge in [0.05, 0.1) is 5.60 Å². The number of benzene rings is 1. The van der Waals surface area contributed by atoms with Crippen LogP contribution in [-0.4, -0.2) is 47.6 Å². The number of hydrogen-bond donors (Lipinski definition) is 1. The molecule has 0 unspecified atom stereocenters. The summed E-state index contributed by atoms with van der Waals surface area (Å²) < 4.78 is 1.54. The van der Waals surface area contributed by atoms with Gasteiger partial charge in [-0.1, -0.05) is 30.3 Å².